The predicted molar refractivity (Wildman–Crippen MR) is 162 cm³/mol. The number of anilines is 3. The summed E-state index contributed by atoms with van der Waals surface area (Å²) in [7, 11) is 0. The molecule has 186 valence electrons. The summed E-state index contributed by atoms with van der Waals surface area (Å²) in [6.07, 6.45) is 1.81. The Morgan fingerprint density at radius 3 is 2.18 bits per heavy atom. The van der Waals surface area contributed by atoms with Crippen LogP contribution in [0.1, 0.15) is 0 Å². The van der Waals surface area contributed by atoms with Crippen LogP contribution in [-0.4, -0.2) is 15.1 Å². The van der Waals surface area contributed by atoms with Crippen molar-refractivity contribution in [2.24, 2.45) is 0 Å². The highest BCUT2D eigenvalue weighted by Crippen LogP contribution is 2.41. The van der Waals surface area contributed by atoms with Crippen LogP contribution < -0.4 is 4.90 Å². The van der Waals surface area contributed by atoms with E-state index in [1.165, 1.54) is 0 Å². The van der Waals surface area contributed by atoms with E-state index in [2.05, 4.69) is 70.5 Å². The summed E-state index contributed by atoms with van der Waals surface area (Å²) in [5.74, 6) is 1.09. The Hall–Kier alpha value is -5.00. The standard InChI is InChI=1S/C34H23N3OS/c38-30-22-24-11-5-4-10-23(24)21-29(30)34-36-33-28(16-9-17-31(33)39-34)25-12-8-15-27(20-25)37(26-13-2-1-3-14-26)32-18-6-7-19-35-32/h1-22,38H. The number of aromatic hydroxyl groups is 1. The molecule has 0 unspecified atom stereocenters. The number of benzene rings is 5. The first-order chi connectivity index (χ1) is 19.2. The topological polar surface area (TPSA) is 49.3 Å². The highest BCUT2D eigenvalue weighted by Gasteiger charge is 2.17. The first-order valence-electron chi connectivity index (χ1n) is 12.7. The molecule has 2 aromatic heterocycles. The van der Waals surface area contributed by atoms with Crippen molar-refractivity contribution in [2.45, 2.75) is 0 Å². The second-order valence-corrected chi connectivity index (χ2v) is 10.3. The highest BCUT2D eigenvalue weighted by molar-refractivity contribution is 7.21. The zero-order valence-electron chi connectivity index (χ0n) is 20.9. The Bertz CT molecular complexity index is 1890. The molecule has 0 amide bonds. The van der Waals surface area contributed by atoms with Gasteiger partial charge in [-0.3, -0.25) is 4.90 Å². The molecule has 0 spiro atoms. The third kappa shape index (κ3) is 4.29. The molecule has 0 aliphatic carbocycles. The van der Waals surface area contributed by atoms with Gasteiger partial charge in [-0.1, -0.05) is 72.8 Å². The van der Waals surface area contributed by atoms with E-state index in [0.717, 1.165) is 59.9 Å². The molecular weight excluding hydrogens is 498 g/mol. The summed E-state index contributed by atoms with van der Waals surface area (Å²) in [4.78, 5) is 11.8. The van der Waals surface area contributed by atoms with Gasteiger partial charge in [0.05, 0.1) is 15.8 Å². The van der Waals surface area contributed by atoms with Gasteiger partial charge in [0.25, 0.3) is 0 Å². The van der Waals surface area contributed by atoms with Gasteiger partial charge >= 0.3 is 0 Å². The number of fused-ring (bicyclic) bond motifs is 2. The normalized spacial score (nSPS) is 11.2. The maximum Gasteiger partial charge on any atom is 0.137 e. The molecule has 1 N–H and O–H groups in total. The summed E-state index contributed by atoms with van der Waals surface area (Å²) >= 11 is 1.59. The van der Waals surface area contributed by atoms with E-state index >= 15 is 0 Å². The molecule has 0 fully saturated rings. The number of phenolic OH excluding ortho intramolecular Hbond substituents is 1. The Labute approximate surface area is 230 Å². The molecule has 4 nitrogen and oxygen atoms in total. The maximum atomic E-state index is 10.8. The fourth-order valence-corrected chi connectivity index (χ4v) is 6.00. The van der Waals surface area contributed by atoms with Crippen molar-refractivity contribution in [1.29, 1.82) is 0 Å². The molecule has 5 aromatic carbocycles. The molecule has 5 heteroatoms. The fourth-order valence-electron chi connectivity index (χ4n) is 4.99. The SMILES string of the molecule is Oc1cc2ccccc2cc1-c1nc2c(-c3cccc(N(c4ccccc4)c4ccccn4)c3)cccc2s1. The van der Waals surface area contributed by atoms with Crippen molar-refractivity contribution >= 4 is 49.5 Å². The number of nitrogens with zero attached hydrogens (tertiary/aromatic N) is 3. The molecule has 0 bridgehead atoms. The van der Waals surface area contributed by atoms with Crippen LogP contribution in [-0.2, 0) is 0 Å². The molecule has 0 saturated carbocycles. The second-order valence-electron chi connectivity index (χ2n) is 9.30. The van der Waals surface area contributed by atoms with Gasteiger partial charge in [0.15, 0.2) is 0 Å². The molecule has 0 saturated heterocycles. The van der Waals surface area contributed by atoms with Crippen LogP contribution in [0.5, 0.6) is 5.75 Å². The number of aromatic nitrogens is 2. The number of thiazole rings is 1. The minimum absolute atomic E-state index is 0.241. The number of hydrogen-bond donors (Lipinski definition) is 1. The molecule has 7 rings (SSSR count). The van der Waals surface area contributed by atoms with Crippen molar-refractivity contribution in [1.82, 2.24) is 9.97 Å². The van der Waals surface area contributed by atoms with Crippen LogP contribution in [0.4, 0.5) is 17.2 Å². The lowest BCUT2D eigenvalue weighted by molar-refractivity contribution is 0.478. The zero-order valence-corrected chi connectivity index (χ0v) is 21.7. The van der Waals surface area contributed by atoms with Crippen molar-refractivity contribution < 1.29 is 5.11 Å². The Morgan fingerprint density at radius 1 is 0.615 bits per heavy atom. The Balaban J connectivity index is 1.35. The van der Waals surface area contributed by atoms with Crippen LogP contribution in [0.2, 0.25) is 0 Å². The van der Waals surface area contributed by atoms with Gasteiger partial charge in [0, 0.05) is 23.1 Å². The zero-order chi connectivity index (χ0) is 26.2. The predicted octanol–water partition coefficient (Wildman–Crippen LogP) is 9.35. The van der Waals surface area contributed by atoms with Gasteiger partial charge in [-0.15, -0.1) is 11.3 Å². The van der Waals surface area contributed by atoms with Gasteiger partial charge in [0.2, 0.25) is 0 Å². The average Bonchev–Trinajstić information content (AvgIpc) is 3.43. The van der Waals surface area contributed by atoms with Gasteiger partial charge in [-0.25, -0.2) is 9.97 Å². The Kier molecular flexibility index (Phi) is 5.76. The van der Waals surface area contributed by atoms with Crippen LogP contribution >= 0.6 is 11.3 Å². The van der Waals surface area contributed by atoms with Crippen molar-refractivity contribution in [3.63, 3.8) is 0 Å². The summed E-state index contributed by atoms with van der Waals surface area (Å²) in [6, 6.07) is 42.9. The number of pyridine rings is 1. The largest absolute Gasteiger partial charge is 0.507 e. The lowest BCUT2D eigenvalue weighted by atomic mass is 10.0. The number of hydrogen-bond acceptors (Lipinski definition) is 5. The third-order valence-electron chi connectivity index (χ3n) is 6.82. The first-order valence-corrected chi connectivity index (χ1v) is 13.5. The molecule has 0 atom stereocenters. The molecule has 0 aliphatic rings. The van der Waals surface area contributed by atoms with Crippen molar-refractivity contribution in [3.05, 3.63) is 134 Å². The van der Waals surface area contributed by atoms with Crippen LogP contribution in [0.15, 0.2) is 134 Å². The van der Waals surface area contributed by atoms with Gasteiger partial charge in [-0.2, -0.15) is 0 Å². The lowest BCUT2D eigenvalue weighted by Gasteiger charge is -2.24. The minimum atomic E-state index is 0.241. The molecule has 2 heterocycles. The second kappa shape index (κ2) is 9.71. The number of para-hydroxylation sites is 2. The fraction of sp³-hybridized carbons (Fsp3) is 0. The van der Waals surface area contributed by atoms with E-state index in [0.29, 0.717) is 0 Å². The summed E-state index contributed by atoms with van der Waals surface area (Å²) in [6.45, 7) is 0. The van der Waals surface area contributed by atoms with E-state index in [1.54, 1.807) is 11.3 Å². The third-order valence-corrected chi connectivity index (χ3v) is 7.88. The minimum Gasteiger partial charge on any atom is -0.507 e. The first kappa shape index (κ1) is 23.1. The van der Waals surface area contributed by atoms with Crippen molar-refractivity contribution in [3.8, 4) is 27.4 Å². The highest BCUT2D eigenvalue weighted by atomic mass is 32.1. The lowest BCUT2D eigenvalue weighted by Crippen LogP contribution is -2.11. The summed E-state index contributed by atoms with van der Waals surface area (Å²) < 4.78 is 1.07. The molecule has 7 aromatic rings. The Morgan fingerprint density at radius 2 is 1.36 bits per heavy atom. The monoisotopic (exact) mass is 521 g/mol. The van der Waals surface area contributed by atoms with Gasteiger partial charge in [0.1, 0.15) is 16.6 Å². The summed E-state index contributed by atoms with van der Waals surface area (Å²) in [5, 5.41) is 13.7. The van der Waals surface area contributed by atoms with Crippen LogP contribution in [0, 0.1) is 0 Å². The smallest absolute Gasteiger partial charge is 0.137 e. The number of phenols is 1. The quantitative estimate of drug-likeness (QED) is 0.245. The van der Waals surface area contributed by atoms with E-state index in [1.807, 2.05) is 72.9 Å². The van der Waals surface area contributed by atoms with E-state index < -0.39 is 0 Å². The van der Waals surface area contributed by atoms with Crippen molar-refractivity contribution in [2.75, 3.05) is 4.90 Å². The molecule has 0 radical (unpaired) electrons. The maximum absolute atomic E-state index is 10.8. The molecule has 39 heavy (non-hydrogen) atoms. The van der Waals surface area contributed by atoms with Gasteiger partial charge < -0.3 is 5.11 Å². The molecule has 0 aliphatic heterocycles. The summed E-state index contributed by atoms with van der Waals surface area (Å²) in [5.41, 5.74) is 5.83. The van der Waals surface area contributed by atoms with E-state index in [-0.39, 0.29) is 5.75 Å². The molecular formula is C34H23N3OS. The van der Waals surface area contributed by atoms with E-state index in [4.69, 9.17) is 4.98 Å². The van der Waals surface area contributed by atoms with Crippen LogP contribution in [0.3, 0.4) is 0 Å². The van der Waals surface area contributed by atoms with Crippen LogP contribution in [0.25, 0.3) is 42.7 Å². The number of rotatable bonds is 5. The van der Waals surface area contributed by atoms with E-state index in [9.17, 15) is 5.11 Å². The average molecular weight is 522 g/mol. The van der Waals surface area contributed by atoms with Gasteiger partial charge in [-0.05, 0) is 70.9 Å².